The number of ether oxygens (including phenoxy) is 3. The quantitative estimate of drug-likeness (QED) is 0.386. The number of amides is 3. The second kappa shape index (κ2) is 11.6. The molecule has 2 aromatic rings. The van der Waals surface area contributed by atoms with Crippen LogP contribution in [-0.4, -0.2) is 37.7 Å². The molecule has 3 amide bonds. The molecule has 0 bridgehead atoms. The fourth-order valence-corrected chi connectivity index (χ4v) is 2.96. The molecule has 1 aliphatic heterocycles. The fraction of sp³-hybridized carbons (Fsp3) is 0.348. The lowest BCUT2D eigenvalue weighted by Gasteiger charge is -2.10. The maximum atomic E-state index is 12.2. The third kappa shape index (κ3) is 6.63. The van der Waals surface area contributed by atoms with E-state index < -0.39 is 17.7 Å². The Hall–Kier alpha value is -3.75. The van der Waals surface area contributed by atoms with Crippen molar-refractivity contribution in [1.82, 2.24) is 16.2 Å². The van der Waals surface area contributed by atoms with Gasteiger partial charge in [0.25, 0.3) is 17.7 Å². The van der Waals surface area contributed by atoms with Crippen LogP contribution in [0.1, 0.15) is 53.3 Å². The Labute approximate surface area is 186 Å². The van der Waals surface area contributed by atoms with Crippen molar-refractivity contribution in [3.05, 3.63) is 53.6 Å². The van der Waals surface area contributed by atoms with Gasteiger partial charge in [-0.3, -0.25) is 25.2 Å². The van der Waals surface area contributed by atoms with Crippen LogP contribution in [0.4, 0.5) is 0 Å². The van der Waals surface area contributed by atoms with E-state index in [1.807, 2.05) is 0 Å². The van der Waals surface area contributed by atoms with Crippen molar-refractivity contribution in [2.24, 2.45) is 0 Å². The molecular formula is C23H27N3O6. The number of carbonyl (C=O) groups is 3. The molecule has 1 heterocycles. The van der Waals surface area contributed by atoms with E-state index >= 15 is 0 Å². The van der Waals surface area contributed by atoms with E-state index in [9.17, 15) is 14.4 Å². The van der Waals surface area contributed by atoms with Gasteiger partial charge in [0, 0.05) is 11.1 Å². The summed E-state index contributed by atoms with van der Waals surface area (Å²) in [7, 11) is 0. The predicted molar refractivity (Wildman–Crippen MR) is 117 cm³/mol. The summed E-state index contributed by atoms with van der Waals surface area (Å²) in [6, 6.07) is 11.4. The number of rotatable bonds is 10. The highest BCUT2D eigenvalue weighted by Gasteiger charge is 2.16. The summed E-state index contributed by atoms with van der Waals surface area (Å²) in [5.74, 6) is 0.230. The van der Waals surface area contributed by atoms with Crippen molar-refractivity contribution in [3.8, 4) is 17.2 Å². The Morgan fingerprint density at radius 1 is 0.875 bits per heavy atom. The van der Waals surface area contributed by atoms with Gasteiger partial charge < -0.3 is 19.5 Å². The Bertz CT molecular complexity index is 945. The lowest BCUT2D eigenvalue weighted by atomic mass is 10.2. The number of unbranched alkanes of at least 4 members (excludes halogenated alkanes) is 3. The van der Waals surface area contributed by atoms with Crippen LogP contribution in [-0.2, 0) is 4.79 Å². The van der Waals surface area contributed by atoms with E-state index in [1.54, 1.807) is 36.4 Å². The summed E-state index contributed by atoms with van der Waals surface area (Å²) in [6.45, 7) is 2.60. The van der Waals surface area contributed by atoms with Gasteiger partial charge in [0.15, 0.2) is 11.5 Å². The van der Waals surface area contributed by atoms with Crippen molar-refractivity contribution in [2.45, 2.75) is 32.6 Å². The van der Waals surface area contributed by atoms with Gasteiger partial charge in [-0.2, -0.15) is 0 Å². The van der Waals surface area contributed by atoms with Gasteiger partial charge in [0.05, 0.1) is 13.2 Å². The monoisotopic (exact) mass is 441 g/mol. The minimum Gasteiger partial charge on any atom is -0.494 e. The second-order valence-electron chi connectivity index (χ2n) is 7.19. The van der Waals surface area contributed by atoms with Crippen LogP contribution in [0.5, 0.6) is 17.2 Å². The molecule has 32 heavy (non-hydrogen) atoms. The molecule has 0 atom stereocenters. The van der Waals surface area contributed by atoms with Crippen LogP contribution in [0.25, 0.3) is 0 Å². The normalized spacial score (nSPS) is 11.5. The van der Waals surface area contributed by atoms with Crippen molar-refractivity contribution >= 4 is 17.7 Å². The number of hydrogen-bond acceptors (Lipinski definition) is 6. The highest BCUT2D eigenvalue weighted by atomic mass is 16.7. The summed E-state index contributed by atoms with van der Waals surface area (Å²) < 4.78 is 16.1. The minimum atomic E-state index is -0.570. The maximum Gasteiger partial charge on any atom is 0.269 e. The predicted octanol–water partition coefficient (Wildman–Crippen LogP) is 2.57. The minimum absolute atomic E-state index is 0.108. The fourth-order valence-electron chi connectivity index (χ4n) is 2.96. The van der Waals surface area contributed by atoms with Crippen LogP contribution < -0.4 is 30.4 Å². The lowest BCUT2D eigenvalue weighted by molar-refractivity contribution is -0.120. The third-order valence-electron chi connectivity index (χ3n) is 4.74. The first-order valence-electron chi connectivity index (χ1n) is 10.6. The third-order valence-corrected chi connectivity index (χ3v) is 4.74. The van der Waals surface area contributed by atoms with Crippen LogP contribution >= 0.6 is 0 Å². The molecule has 0 aliphatic carbocycles. The summed E-state index contributed by atoms with van der Waals surface area (Å²) in [5, 5.41) is 2.48. The second-order valence-corrected chi connectivity index (χ2v) is 7.19. The summed E-state index contributed by atoms with van der Waals surface area (Å²) >= 11 is 0. The number of benzene rings is 2. The first-order chi connectivity index (χ1) is 15.6. The van der Waals surface area contributed by atoms with Gasteiger partial charge in [0.2, 0.25) is 6.79 Å². The topological polar surface area (TPSA) is 115 Å². The number of hydrazine groups is 1. The zero-order valence-electron chi connectivity index (χ0n) is 17.9. The maximum absolute atomic E-state index is 12.2. The molecule has 9 heteroatoms. The van der Waals surface area contributed by atoms with E-state index in [0.717, 1.165) is 12.8 Å². The van der Waals surface area contributed by atoms with Gasteiger partial charge in [-0.05, 0) is 48.9 Å². The molecule has 0 unspecified atom stereocenters. The molecule has 0 radical (unpaired) electrons. The standard InChI is InChI=1S/C23H27N3O6/c1-2-3-4-5-12-30-18-9-6-16(7-10-18)23(29)26-25-21(27)14-24-22(28)17-8-11-19-20(13-17)32-15-31-19/h6-11,13H,2-5,12,14-15H2,1H3,(H,24,28)(H,25,27)(H,26,29). The van der Waals surface area contributed by atoms with E-state index in [4.69, 9.17) is 14.2 Å². The Morgan fingerprint density at radius 3 is 2.41 bits per heavy atom. The Morgan fingerprint density at radius 2 is 1.62 bits per heavy atom. The van der Waals surface area contributed by atoms with Crippen molar-refractivity contribution in [1.29, 1.82) is 0 Å². The van der Waals surface area contributed by atoms with Crippen LogP contribution in [0.2, 0.25) is 0 Å². The lowest BCUT2D eigenvalue weighted by Crippen LogP contribution is -2.46. The summed E-state index contributed by atoms with van der Waals surface area (Å²) in [5.41, 5.74) is 5.28. The smallest absolute Gasteiger partial charge is 0.269 e. The largest absolute Gasteiger partial charge is 0.494 e. The van der Waals surface area contributed by atoms with Crippen molar-refractivity contribution in [2.75, 3.05) is 19.9 Å². The zero-order valence-corrected chi connectivity index (χ0v) is 17.9. The molecule has 0 spiro atoms. The van der Waals surface area contributed by atoms with Crippen LogP contribution in [0.15, 0.2) is 42.5 Å². The number of carbonyl (C=O) groups excluding carboxylic acids is 3. The van der Waals surface area contributed by atoms with E-state index in [2.05, 4.69) is 23.1 Å². The number of fused-ring (bicyclic) bond motifs is 1. The highest BCUT2D eigenvalue weighted by molar-refractivity contribution is 5.98. The van der Waals surface area contributed by atoms with Gasteiger partial charge in [-0.1, -0.05) is 26.2 Å². The molecule has 3 rings (SSSR count). The zero-order chi connectivity index (χ0) is 22.8. The SMILES string of the molecule is CCCCCCOc1ccc(C(=O)NNC(=O)CNC(=O)c2ccc3c(c2)OCO3)cc1. The molecule has 0 saturated heterocycles. The van der Waals surface area contributed by atoms with Crippen LogP contribution in [0.3, 0.4) is 0 Å². The number of nitrogens with one attached hydrogen (secondary N) is 3. The highest BCUT2D eigenvalue weighted by Crippen LogP contribution is 2.32. The summed E-state index contributed by atoms with van der Waals surface area (Å²) in [4.78, 5) is 36.3. The molecule has 0 aromatic heterocycles. The molecule has 170 valence electrons. The molecule has 9 nitrogen and oxygen atoms in total. The Balaban J connectivity index is 1.37. The van der Waals surface area contributed by atoms with E-state index in [1.165, 1.54) is 18.9 Å². The average molecular weight is 441 g/mol. The molecule has 1 aliphatic rings. The molecule has 2 aromatic carbocycles. The first-order valence-corrected chi connectivity index (χ1v) is 10.6. The molecule has 0 fully saturated rings. The molecule has 0 saturated carbocycles. The first kappa shape index (κ1) is 22.9. The van der Waals surface area contributed by atoms with Gasteiger partial charge in [-0.15, -0.1) is 0 Å². The van der Waals surface area contributed by atoms with E-state index in [0.29, 0.717) is 35.0 Å². The Kier molecular flexibility index (Phi) is 8.30. The van der Waals surface area contributed by atoms with E-state index in [-0.39, 0.29) is 13.3 Å². The van der Waals surface area contributed by atoms with Crippen LogP contribution in [0, 0.1) is 0 Å². The average Bonchev–Trinajstić information content (AvgIpc) is 3.29. The van der Waals surface area contributed by atoms with Gasteiger partial charge in [0.1, 0.15) is 5.75 Å². The number of hydrogen-bond donors (Lipinski definition) is 3. The van der Waals surface area contributed by atoms with Gasteiger partial charge in [-0.25, -0.2) is 0 Å². The van der Waals surface area contributed by atoms with Gasteiger partial charge >= 0.3 is 0 Å². The van der Waals surface area contributed by atoms with Crippen molar-refractivity contribution < 1.29 is 28.6 Å². The molecular weight excluding hydrogens is 414 g/mol. The summed E-state index contributed by atoms with van der Waals surface area (Å²) in [6.07, 6.45) is 4.49. The molecule has 3 N–H and O–H groups in total. The van der Waals surface area contributed by atoms with Crippen molar-refractivity contribution in [3.63, 3.8) is 0 Å².